The van der Waals surface area contributed by atoms with Gasteiger partial charge in [-0.05, 0) is 6.42 Å². The second-order valence-corrected chi connectivity index (χ2v) is 6.86. The molecule has 1 aromatic heterocycles. The molecular formula is C10H14N4O3S. The number of carbonyl (C=O) groups is 1. The summed E-state index contributed by atoms with van der Waals surface area (Å²) in [5.74, 6) is 0.325. The molecule has 0 aliphatic carbocycles. The average molecular weight is 270 g/mol. The first-order valence-corrected chi connectivity index (χ1v) is 7.53. The molecule has 0 saturated heterocycles. The van der Waals surface area contributed by atoms with Crippen molar-refractivity contribution in [1.29, 1.82) is 0 Å². The molecule has 7 nitrogen and oxygen atoms in total. The molecule has 2 aliphatic heterocycles. The highest BCUT2D eigenvalue weighted by atomic mass is 32.2. The van der Waals surface area contributed by atoms with E-state index in [9.17, 15) is 13.2 Å². The molecule has 0 spiro atoms. The molecule has 1 amide bonds. The van der Waals surface area contributed by atoms with E-state index in [0.29, 0.717) is 30.0 Å². The van der Waals surface area contributed by atoms with Gasteiger partial charge in [0.25, 0.3) is 0 Å². The van der Waals surface area contributed by atoms with Gasteiger partial charge in [0.1, 0.15) is 5.82 Å². The maximum Gasteiger partial charge on any atom is 0.244 e. The van der Waals surface area contributed by atoms with Crippen molar-refractivity contribution in [3.05, 3.63) is 11.3 Å². The number of rotatable bonds is 0. The van der Waals surface area contributed by atoms with E-state index < -0.39 is 15.9 Å². The Kier molecular flexibility index (Phi) is 2.30. The van der Waals surface area contributed by atoms with E-state index in [-0.39, 0.29) is 17.4 Å². The minimum atomic E-state index is -3.11. The Balaban J connectivity index is 2.13. The molecule has 0 radical (unpaired) electrons. The SMILES string of the molecule is CN1C(=O)C(N)CCn2nc3c(c21)CS(=O)(=O)C3. The lowest BCUT2D eigenvalue weighted by Crippen LogP contribution is -2.40. The van der Waals surface area contributed by atoms with Crippen LogP contribution in [0.3, 0.4) is 0 Å². The highest BCUT2D eigenvalue weighted by Gasteiger charge is 2.36. The van der Waals surface area contributed by atoms with Gasteiger partial charge in [0, 0.05) is 19.2 Å². The summed E-state index contributed by atoms with van der Waals surface area (Å²) in [5, 5.41) is 4.29. The fraction of sp³-hybridized carbons (Fsp3) is 0.600. The molecule has 2 aliphatic rings. The summed E-state index contributed by atoms with van der Waals surface area (Å²) in [7, 11) is -1.49. The van der Waals surface area contributed by atoms with Crippen molar-refractivity contribution in [2.75, 3.05) is 11.9 Å². The number of carbonyl (C=O) groups excluding carboxylic acids is 1. The number of hydrogen-bond acceptors (Lipinski definition) is 5. The van der Waals surface area contributed by atoms with Gasteiger partial charge in [0.2, 0.25) is 5.91 Å². The van der Waals surface area contributed by atoms with E-state index in [2.05, 4.69) is 5.10 Å². The second kappa shape index (κ2) is 3.55. The van der Waals surface area contributed by atoms with Crippen LogP contribution in [0.1, 0.15) is 17.7 Å². The zero-order valence-corrected chi connectivity index (χ0v) is 10.8. The maximum atomic E-state index is 12.0. The molecule has 18 heavy (non-hydrogen) atoms. The minimum absolute atomic E-state index is 0.0313. The van der Waals surface area contributed by atoms with E-state index in [1.807, 2.05) is 0 Å². The van der Waals surface area contributed by atoms with Crippen molar-refractivity contribution in [3.63, 3.8) is 0 Å². The molecule has 2 N–H and O–H groups in total. The number of nitrogens with zero attached hydrogens (tertiary/aromatic N) is 3. The van der Waals surface area contributed by atoms with E-state index in [4.69, 9.17) is 5.73 Å². The third kappa shape index (κ3) is 1.56. The monoisotopic (exact) mass is 270 g/mol. The van der Waals surface area contributed by atoms with Crippen LogP contribution in [0.5, 0.6) is 0 Å². The molecule has 0 bridgehead atoms. The molecule has 1 atom stereocenters. The quantitative estimate of drug-likeness (QED) is 0.652. The van der Waals surface area contributed by atoms with Gasteiger partial charge in [-0.25, -0.2) is 13.1 Å². The van der Waals surface area contributed by atoms with Gasteiger partial charge in [-0.2, -0.15) is 5.10 Å². The predicted molar refractivity (Wildman–Crippen MR) is 64.6 cm³/mol. The minimum Gasteiger partial charge on any atom is -0.320 e. The van der Waals surface area contributed by atoms with Crippen LogP contribution in [-0.2, 0) is 32.7 Å². The highest BCUT2D eigenvalue weighted by molar-refractivity contribution is 7.90. The zero-order valence-electron chi connectivity index (χ0n) is 9.96. The van der Waals surface area contributed by atoms with Crippen molar-refractivity contribution in [3.8, 4) is 0 Å². The fourth-order valence-electron chi connectivity index (χ4n) is 2.55. The maximum absolute atomic E-state index is 12.0. The molecule has 98 valence electrons. The van der Waals surface area contributed by atoms with E-state index >= 15 is 0 Å². The van der Waals surface area contributed by atoms with Gasteiger partial charge in [0.05, 0.1) is 23.2 Å². The summed E-state index contributed by atoms with van der Waals surface area (Å²) in [6.45, 7) is 0.541. The summed E-state index contributed by atoms with van der Waals surface area (Å²) in [6, 6.07) is -0.551. The number of aromatic nitrogens is 2. The van der Waals surface area contributed by atoms with Crippen molar-refractivity contribution < 1.29 is 13.2 Å². The highest BCUT2D eigenvalue weighted by Crippen LogP contribution is 2.34. The third-order valence-electron chi connectivity index (χ3n) is 3.44. The van der Waals surface area contributed by atoms with Crippen LogP contribution in [0.15, 0.2) is 0 Å². The number of hydrogen-bond donors (Lipinski definition) is 1. The lowest BCUT2D eigenvalue weighted by atomic mass is 10.2. The molecule has 0 fully saturated rings. The topological polar surface area (TPSA) is 98.3 Å². The summed E-state index contributed by atoms with van der Waals surface area (Å²) >= 11 is 0. The Hall–Kier alpha value is -1.41. The summed E-state index contributed by atoms with van der Waals surface area (Å²) < 4.78 is 24.9. The predicted octanol–water partition coefficient (Wildman–Crippen LogP) is -0.995. The zero-order chi connectivity index (χ0) is 13.1. The molecule has 0 aromatic carbocycles. The van der Waals surface area contributed by atoms with Gasteiger partial charge < -0.3 is 5.73 Å². The lowest BCUT2D eigenvalue weighted by molar-refractivity contribution is -0.119. The van der Waals surface area contributed by atoms with Crippen LogP contribution < -0.4 is 10.6 Å². The van der Waals surface area contributed by atoms with Crippen molar-refractivity contribution in [2.45, 2.75) is 30.5 Å². The Morgan fingerprint density at radius 3 is 2.83 bits per heavy atom. The van der Waals surface area contributed by atoms with Crippen LogP contribution in [-0.4, -0.2) is 37.2 Å². The van der Waals surface area contributed by atoms with Crippen molar-refractivity contribution in [2.24, 2.45) is 5.73 Å². The molecule has 0 saturated carbocycles. The first-order chi connectivity index (χ1) is 8.39. The molecule has 3 rings (SSSR count). The van der Waals surface area contributed by atoms with Crippen LogP contribution in [0, 0.1) is 0 Å². The first-order valence-electron chi connectivity index (χ1n) is 5.71. The van der Waals surface area contributed by atoms with E-state index in [1.54, 1.807) is 11.7 Å². The third-order valence-corrected chi connectivity index (χ3v) is 4.88. The Morgan fingerprint density at radius 1 is 1.39 bits per heavy atom. The van der Waals surface area contributed by atoms with Gasteiger partial charge in [-0.15, -0.1) is 0 Å². The number of likely N-dealkylation sites (N-methyl/N-ethyl adjacent to an activating group) is 1. The Morgan fingerprint density at radius 2 is 2.11 bits per heavy atom. The molecule has 3 heterocycles. The van der Waals surface area contributed by atoms with Crippen LogP contribution >= 0.6 is 0 Å². The van der Waals surface area contributed by atoms with Gasteiger partial charge >= 0.3 is 0 Å². The number of aryl methyl sites for hydroxylation is 1. The smallest absolute Gasteiger partial charge is 0.244 e. The Bertz CT molecular complexity index is 634. The second-order valence-electron chi connectivity index (χ2n) is 4.80. The van der Waals surface area contributed by atoms with E-state index in [1.165, 1.54) is 4.90 Å². The normalized spacial score (nSPS) is 25.8. The number of amides is 1. The van der Waals surface area contributed by atoms with Crippen LogP contribution in [0.25, 0.3) is 0 Å². The molecule has 8 heteroatoms. The van der Waals surface area contributed by atoms with E-state index in [0.717, 1.165) is 0 Å². The molecular weight excluding hydrogens is 256 g/mol. The van der Waals surface area contributed by atoms with Gasteiger partial charge in [-0.3, -0.25) is 9.69 Å². The summed E-state index contributed by atoms with van der Waals surface area (Å²) in [5.41, 5.74) is 6.98. The number of sulfone groups is 1. The number of fused-ring (bicyclic) bond motifs is 3. The largest absolute Gasteiger partial charge is 0.320 e. The van der Waals surface area contributed by atoms with Crippen LogP contribution in [0.4, 0.5) is 5.82 Å². The molecule has 1 unspecified atom stereocenters. The average Bonchev–Trinajstić information content (AvgIpc) is 2.71. The molecule has 1 aromatic rings. The number of anilines is 1. The fourth-order valence-corrected chi connectivity index (χ4v) is 4.04. The van der Waals surface area contributed by atoms with Gasteiger partial charge in [-0.1, -0.05) is 0 Å². The van der Waals surface area contributed by atoms with Crippen molar-refractivity contribution in [1.82, 2.24) is 9.78 Å². The van der Waals surface area contributed by atoms with Gasteiger partial charge in [0.15, 0.2) is 9.84 Å². The Labute approximate surface area is 104 Å². The first kappa shape index (κ1) is 11.7. The van der Waals surface area contributed by atoms with Crippen molar-refractivity contribution >= 4 is 21.6 Å². The standard InChI is InChI=1S/C10H14N4O3S/c1-13-9-6-4-18(16,17)5-8(6)12-14(9)3-2-7(11)10(13)15/h7H,2-5,11H2,1H3. The van der Waals surface area contributed by atoms with Crippen LogP contribution in [0.2, 0.25) is 0 Å². The number of nitrogens with two attached hydrogens (primary N) is 1. The summed E-state index contributed by atoms with van der Waals surface area (Å²) in [4.78, 5) is 13.4. The summed E-state index contributed by atoms with van der Waals surface area (Å²) in [6.07, 6.45) is 0.517. The lowest BCUT2D eigenvalue weighted by Gasteiger charge is -2.18.